The van der Waals surface area contributed by atoms with Gasteiger partial charge in [-0.3, -0.25) is 4.79 Å². The molecule has 122 valence electrons. The molecular weight excluding hydrogens is 286 g/mol. The normalized spacial score (nSPS) is 11.7. The van der Waals surface area contributed by atoms with E-state index in [2.05, 4.69) is 14.9 Å². The lowest BCUT2D eigenvalue weighted by atomic mass is 10.2. The zero-order chi connectivity index (χ0) is 16.5. The lowest BCUT2D eigenvalue weighted by Gasteiger charge is -2.18. The van der Waals surface area contributed by atoms with Crippen LogP contribution < -0.4 is 0 Å². The van der Waals surface area contributed by atoms with E-state index in [9.17, 15) is 14.8 Å². The van der Waals surface area contributed by atoms with Crippen LogP contribution in [0, 0.1) is 5.21 Å². The van der Waals surface area contributed by atoms with Crippen LogP contribution in [0.5, 0.6) is 0 Å². The Balaban J connectivity index is 3.91. The van der Waals surface area contributed by atoms with Crippen LogP contribution in [0.15, 0.2) is 5.28 Å². The molecule has 0 atom stereocenters. The summed E-state index contributed by atoms with van der Waals surface area (Å²) in [6.45, 7) is 4.63. The standard InChI is InChI=1S/C11H21N3O7/c1-11(2,3)21-10(17)19-8-20-12-14(18)13(4)7-5-6-9(15)16/h5-8H2,1-4H3,(H,15,16). The maximum atomic E-state index is 11.3. The maximum Gasteiger partial charge on any atom is 0.511 e. The SMILES string of the molecule is CN(CCCC(=O)O)[N+]([O-])=NOCOC(=O)OC(C)(C)C. The van der Waals surface area contributed by atoms with E-state index in [1.807, 2.05) is 0 Å². The number of rotatable bonds is 8. The molecule has 0 rings (SSSR count). The monoisotopic (exact) mass is 307 g/mol. The summed E-state index contributed by atoms with van der Waals surface area (Å²) in [5.41, 5.74) is -0.691. The summed E-state index contributed by atoms with van der Waals surface area (Å²) >= 11 is 0. The van der Waals surface area contributed by atoms with Crippen LogP contribution in [0.4, 0.5) is 4.79 Å². The van der Waals surface area contributed by atoms with Gasteiger partial charge in [0.15, 0.2) is 0 Å². The number of carboxylic acid groups (broad SMARTS) is 1. The molecule has 0 saturated carbocycles. The summed E-state index contributed by atoms with van der Waals surface area (Å²) < 4.78 is 9.35. The lowest BCUT2D eigenvalue weighted by Crippen LogP contribution is -2.28. The highest BCUT2D eigenvalue weighted by Gasteiger charge is 2.17. The van der Waals surface area contributed by atoms with Gasteiger partial charge in [0.25, 0.3) is 6.79 Å². The van der Waals surface area contributed by atoms with Crippen molar-refractivity contribution in [1.29, 1.82) is 0 Å². The molecule has 0 unspecified atom stereocenters. The smallest absolute Gasteiger partial charge is 0.511 e. The van der Waals surface area contributed by atoms with Crippen LogP contribution in [-0.2, 0) is 19.1 Å². The van der Waals surface area contributed by atoms with Crippen LogP contribution in [-0.4, -0.2) is 53.2 Å². The first kappa shape index (κ1) is 18.7. The van der Waals surface area contributed by atoms with E-state index < -0.39 is 24.5 Å². The Labute approximate surface area is 122 Å². The van der Waals surface area contributed by atoms with Gasteiger partial charge in [-0.15, -0.1) is 5.01 Å². The Bertz CT molecular complexity index is 379. The third-order valence-electron chi connectivity index (χ3n) is 1.91. The molecule has 0 heterocycles. The van der Waals surface area contributed by atoms with Crippen molar-refractivity contribution in [2.45, 2.75) is 39.2 Å². The van der Waals surface area contributed by atoms with Gasteiger partial charge in [-0.1, -0.05) is 0 Å². The minimum atomic E-state index is -0.945. The molecule has 10 heteroatoms. The van der Waals surface area contributed by atoms with Gasteiger partial charge in [-0.25, -0.2) is 4.79 Å². The molecule has 0 saturated heterocycles. The molecular formula is C11H21N3O7. The van der Waals surface area contributed by atoms with E-state index in [0.717, 1.165) is 5.01 Å². The summed E-state index contributed by atoms with van der Waals surface area (Å²) in [6.07, 6.45) is -0.708. The quantitative estimate of drug-likeness (QED) is 0.179. The zero-order valence-electron chi connectivity index (χ0n) is 12.6. The number of aliphatic carboxylic acids is 1. The molecule has 0 aliphatic carbocycles. The number of carboxylic acids is 1. The van der Waals surface area contributed by atoms with Gasteiger partial charge < -0.3 is 24.6 Å². The lowest BCUT2D eigenvalue weighted by molar-refractivity contribution is -0.706. The fourth-order valence-electron chi connectivity index (χ4n) is 1.03. The van der Waals surface area contributed by atoms with Gasteiger partial charge in [0.1, 0.15) is 5.60 Å². The summed E-state index contributed by atoms with van der Waals surface area (Å²) in [5, 5.41) is 24.0. The number of carbonyl (C=O) groups is 2. The number of hydrazine groups is 1. The Morgan fingerprint density at radius 2 is 2.00 bits per heavy atom. The van der Waals surface area contributed by atoms with Crippen molar-refractivity contribution in [2.75, 3.05) is 20.4 Å². The first-order valence-corrected chi connectivity index (χ1v) is 6.20. The van der Waals surface area contributed by atoms with Crippen LogP contribution in [0.3, 0.4) is 0 Å². The molecule has 10 nitrogen and oxygen atoms in total. The molecule has 0 aromatic carbocycles. The van der Waals surface area contributed by atoms with E-state index in [1.165, 1.54) is 7.05 Å². The molecule has 0 bridgehead atoms. The molecule has 0 aromatic rings. The van der Waals surface area contributed by atoms with E-state index >= 15 is 0 Å². The summed E-state index contributed by atoms with van der Waals surface area (Å²) in [5.74, 6) is -0.945. The summed E-state index contributed by atoms with van der Waals surface area (Å²) in [4.78, 5) is 26.0. The molecule has 0 radical (unpaired) electrons. The van der Waals surface area contributed by atoms with Crippen molar-refractivity contribution >= 4 is 12.1 Å². The molecule has 21 heavy (non-hydrogen) atoms. The molecule has 1 N–H and O–H groups in total. The molecule has 0 amide bonds. The van der Waals surface area contributed by atoms with Crippen LogP contribution in [0.1, 0.15) is 33.6 Å². The molecule has 0 aromatic heterocycles. The second kappa shape index (κ2) is 8.82. The number of hydrogen-bond acceptors (Lipinski definition) is 7. The van der Waals surface area contributed by atoms with Gasteiger partial charge >= 0.3 is 12.1 Å². The Hall–Kier alpha value is -2.26. The van der Waals surface area contributed by atoms with E-state index in [4.69, 9.17) is 9.84 Å². The third kappa shape index (κ3) is 11.3. The molecule has 0 aliphatic heterocycles. The third-order valence-corrected chi connectivity index (χ3v) is 1.91. The van der Waals surface area contributed by atoms with Gasteiger partial charge in [0.2, 0.25) is 5.28 Å². The number of nitrogens with zero attached hydrogens (tertiary/aromatic N) is 3. The minimum Gasteiger partial charge on any atom is -0.569 e. The first-order chi connectivity index (χ1) is 9.61. The average molecular weight is 307 g/mol. The highest BCUT2D eigenvalue weighted by Crippen LogP contribution is 2.07. The molecule has 0 fully saturated rings. The van der Waals surface area contributed by atoms with Gasteiger partial charge in [-0.2, -0.15) is 0 Å². The largest absolute Gasteiger partial charge is 0.569 e. The van der Waals surface area contributed by atoms with Gasteiger partial charge in [0, 0.05) is 6.42 Å². The number of ether oxygens (including phenoxy) is 2. The average Bonchev–Trinajstić information content (AvgIpc) is 2.31. The van der Waals surface area contributed by atoms with Crippen molar-refractivity contribution in [3.8, 4) is 0 Å². The van der Waals surface area contributed by atoms with Crippen LogP contribution in [0.2, 0.25) is 0 Å². The molecule has 0 spiro atoms. The predicted octanol–water partition coefficient (Wildman–Crippen LogP) is 1.50. The van der Waals surface area contributed by atoms with Crippen molar-refractivity contribution < 1.29 is 34.0 Å². The zero-order valence-corrected chi connectivity index (χ0v) is 12.6. The topological polar surface area (TPSA) is 124 Å². The number of hydrogen-bond donors (Lipinski definition) is 1. The van der Waals surface area contributed by atoms with Crippen LogP contribution in [0.25, 0.3) is 0 Å². The Morgan fingerprint density at radius 1 is 1.38 bits per heavy atom. The summed E-state index contributed by atoms with van der Waals surface area (Å²) in [7, 11) is 1.41. The van der Waals surface area contributed by atoms with Crippen LogP contribution >= 0.6 is 0 Å². The second-order valence-electron chi connectivity index (χ2n) is 5.07. The Kier molecular flexibility index (Phi) is 7.87. The van der Waals surface area contributed by atoms with E-state index in [0.29, 0.717) is 0 Å². The van der Waals surface area contributed by atoms with E-state index in [1.54, 1.807) is 20.8 Å². The van der Waals surface area contributed by atoms with Gasteiger partial charge in [-0.05, 0) is 27.2 Å². The van der Waals surface area contributed by atoms with Crippen molar-refractivity contribution in [3.05, 3.63) is 5.21 Å². The van der Waals surface area contributed by atoms with Crippen molar-refractivity contribution in [2.24, 2.45) is 5.28 Å². The minimum absolute atomic E-state index is 0.0548. The number of carbonyl (C=O) groups excluding carboxylic acids is 1. The van der Waals surface area contributed by atoms with Gasteiger partial charge in [0.05, 0.1) is 18.6 Å². The van der Waals surface area contributed by atoms with E-state index in [-0.39, 0.29) is 24.4 Å². The fraction of sp³-hybridized carbons (Fsp3) is 0.818. The van der Waals surface area contributed by atoms with Crippen molar-refractivity contribution in [1.82, 2.24) is 5.01 Å². The predicted molar refractivity (Wildman–Crippen MR) is 68.8 cm³/mol. The second-order valence-corrected chi connectivity index (χ2v) is 5.07. The first-order valence-electron chi connectivity index (χ1n) is 6.20. The Morgan fingerprint density at radius 3 is 2.52 bits per heavy atom. The highest BCUT2D eigenvalue weighted by molar-refractivity contribution is 5.66. The highest BCUT2D eigenvalue weighted by atomic mass is 16.8. The maximum absolute atomic E-state index is 11.3. The molecule has 0 aliphatic rings. The van der Waals surface area contributed by atoms with Crippen molar-refractivity contribution in [3.63, 3.8) is 0 Å². The fourth-order valence-corrected chi connectivity index (χ4v) is 1.03. The summed E-state index contributed by atoms with van der Waals surface area (Å²) in [6, 6.07) is 0.